The molecule has 1 aliphatic heterocycles. The van der Waals surface area contributed by atoms with Gasteiger partial charge in [-0.05, 0) is 38.9 Å². The molecule has 0 amide bonds. The van der Waals surface area contributed by atoms with Gasteiger partial charge in [0.15, 0.2) is 0 Å². The van der Waals surface area contributed by atoms with Crippen LogP contribution in [0.2, 0.25) is 0 Å². The van der Waals surface area contributed by atoms with Crippen molar-refractivity contribution in [2.24, 2.45) is 0 Å². The quantitative estimate of drug-likeness (QED) is 0.474. The maximum atomic E-state index is 5.67. The number of rotatable bonds is 5. The first-order chi connectivity index (χ1) is 14.6. The van der Waals surface area contributed by atoms with Crippen molar-refractivity contribution >= 4 is 11.5 Å². The lowest BCUT2D eigenvalue weighted by Gasteiger charge is -2.13. The minimum absolute atomic E-state index is 0.415. The summed E-state index contributed by atoms with van der Waals surface area (Å²) in [4.78, 5) is 9.44. The molecule has 5 heterocycles. The molecule has 0 aliphatic carbocycles. The molecule has 8 heteroatoms. The predicted molar refractivity (Wildman–Crippen MR) is 117 cm³/mol. The Hall–Kier alpha value is -3.39. The van der Waals surface area contributed by atoms with E-state index in [1.54, 1.807) is 7.11 Å². The van der Waals surface area contributed by atoms with Crippen LogP contribution in [-0.4, -0.2) is 50.8 Å². The van der Waals surface area contributed by atoms with Crippen LogP contribution < -0.4 is 15.4 Å². The Kier molecular flexibility index (Phi) is 4.63. The van der Waals surface area contributed by atoms with E-state index in [1.165, 1.54) is 0 Å². The molecule has 0 radical (unpaired) electrons. The first-order valence-corrected chi connectivity index (χ1v) is 10.2. The fraction of sp³-hybridized carbons (Fsp3) is 0.318. The van der Waals surface area contributed by atoms with Crippen LogP contribution in [-0.2, 0) is 0 Å². The van der Waals surface area contributed by atoms with Gasteiger partial charge in [0.2, 0.25) is 0 Å². The van der Waals surface area contributed by atoms with Gasteiger partial charge in [0.05, 0.1) is 30.4 Å². The predicted octanol–water partition coefficient (Wildman–Crippen LogP) is 3.19. The lowest BCUT2D eigenvalue weighted by Crippen LogP contribution is -2.22. The summed E-state index contributed by atoms with van der Waals surface area (Å²) in [6.45, 7) is 6.02. The molecule has 0 spiro atoms. The zero-order chi connectivity index (χ0) is 20.7. The molecular formula is C22H25N7O. The van der Waals surface area contributed by atoms with E-state index in [9.17, 15) is 0 Å². The van der Waals surface area contributed by atoms with Crippen LogP contribution in [0, 0.1) is 13.8 Å². The number of pyridine rings is 2. The van der Waals surface area contributed by atoms with Gasteiger partial charge in [-0.25, -0.2) is 9.97 Å². The maximum Gasteiger partial charge on any atom is 0.140 e. The van der Waals surface area contributed by atoms with Crippen molar-refractivity contribution in [3.05, 3.63) is 48.0 Å². The molecule has 4 aromatic rings. The molecule has 0 saturated carbocycles. The molecule has 5 rings (SSSR count). The monoisotopic (exact) mass is 403 g/mol. The number of imidazole rings is 1. The molecule has 1 atom stereocenters. The number of anilines is 1. The zero-order valence-electron chi connectivity index (χ0n) is 17.4. The van der Waals surface area contributed by atoms with Gasteiger partial charge in [-0.3, -0.25) is 9.50 Å². The normalized spacial score (nSPS) is 16.3. The summed E-state index contributed by atoms with van der Waals surface area (Å²) >= 11 is 0. The molecule has 154 valence electrons. The number of ether oxygens (including phenoxy) is 1. The number of H-pyrrole nitrogens is 1. The number of hydrogen-bond donors (Lipinski definition) is 3. The number of hydrogen-bond acceptors (Lipinski definition) is 6. The lowest BCUT2D eigenvalue weighted by molar-refractivity contribution is 0.416. The third-order valence-corrected chi connectivity index (χ3v) is 5.65. The van der Waals surface area contributed by atoms with Gasteiger partial charge in [0.25, 0.3) is 0 Å². The highest BCUT2D eigenvalue weighted by Gasteiger charge is 2.18. The average molecular weight is 403 g/mol. The zero-order valence-corrected chi connectivity index (χ0v) is 17.4. The van der Waals surface area contributed by atoms with Crippen LogP contribution in [0.15, 0.2) is 36.7 Å². The van der Waals surface area contributed by atoms with Crippen LogP contribution in [0.4, 0.5) is 5.82 Å². The molecule has 1 saturated heterocycles. The summed E-state index contributed by atoms with van der Waals surface area (Å²) in [7, 11) is 1.68. The van der Waals surface area contributed by atoms with E-state index >= 15 is 0 Å². The minimum Gasteiger partial charge on any atom is -0.496 e. The molecule has 3 N–H and O–H groups in total. The summed E-state index contributed by atoms with van der Waals surface area (Å²) in [6, 6.07) is 8.42. The summed E-state index contributed by atoms with van der Waals surface area (Å²) in [6.07, 6.45) is 5.02. The van der Waals surface area contributed by atoms with E-state index < -0.39 is 0 Å². The highest BCUT2D eigenvalue weighted by atomic mass is 16.5. The summed E-state index contributed by atoms with van der Waals surface area (Å²) < 4.78 is 7.73. The topological polar surface area (TPSA) is 92.2 Å². The van der Waals surface area contributed by atoms with E-state index in [0.29, 0.717) is 6.04 Å². The fourth-order valence-corrected chi connectivity index (χ4v) is 4.14. The van der Waals surface area contributed by atoms with E-state index in [0.717, 1.165) is 70.6 Å². The van der Waals surface area contributed by atoms with Gasteiger partial charge < -0.3 is 15.4 Å². The molecule has 1 fully saturated rings. The number of nitrogens with zero attached hydrogens (tertiary/aromatic N) is 4. The Morgan fingerprint density at radius 3 is 2.90 bits per heavy atom. The second-order valence-corrected chi connectivity index (χ2v) is 7.68. The molecule has 1 aliphatic rings. The van der Waals surface area contributed by atoms with E-state index in [1.807, 2.05) is 44.3 Å². The molecule has 1 unspecified atom stereocenters. The Bertz CT molecular complexity index is 1180. The van der Waals surface area contributed by atoms with Crippen LogP contribution in [0.5, 0.6) is 5.75 Å². The Balaban J connectivity index is 1.60. The molecular weight excluding hydrogens is 378 g/mol. The van der Waals surface area contributed by atoms with E-state index in [-0.39, 0.29) is 0 Å². The largest absolute Gasteiger partial charge is 0.496 e. The number of nitrogens with one attached hydrogen (secondary N) is 3. The molecule has 0 aromatic carbocycles. The third-order valence-electron chi connectivity index (χ3n) is 5.65. The first kappa shape index (κ1) is 18.6. The SMILES string of the molecule is COc1cc2ncc(-c3cccc(NC4CCNC4)n3)n2cc1-c1c(C)n[nH]c1C. The molecule has 8 nitrogen and oxygen atoms in total. The van der Waals surface area contributed by atoms with Gasteiger partial charge in [0, 0.05) is 41.7 Å². The fourth-order valence-electron chi connectivity index (χ4n) is 4.14. The van der Waals surface area contributed by atoms with Gasteiger partial charge in [0.1, 0.15) is 17.2 Å². The number of aromatic nitrogens is 5. The minimum atomic E-state index is 0.415. The second kappa shape index (κ2) is 7.46. The molecule has 30 heavy (non-hydrogen) atoms. The summed E-state index contributed by atoms with van der Waals surface area (Å²) in [5.74, 6) is 1.65. The van der Waals surface area contributed by atoms with Crippen molar-refractivity contribution in [3.8, 4) is 28.3 Å². The second-order valence-electron chi connectivity index (χ2n) is 7.68. The van der Waals surface area contributed by atoms with Crippen molar-refractivity contribution in [2.45, 2.75) is 26.3 Å². The Labute approximate surface area is 174 Å². The van der Waals surface area contributed by atoms with Crippen molar-refractivity contribution in [3.63, 3.8) is 0 Å². The van der Waals surface area contributed by atoms with Crippen molar-refractivity contribution in [1.29, 1.82) is 0 Å². The van der Waals surface area contributed by atoms with Gasteiger partial charge in [-0.1, -0.05) is 6.07 Å². The number of methoxy groups -OCH3 is 1. The summed E-state index contributed by atoms with van der Waals surface area (Å²) in [5, 5.41) is 14.3. The third kappa shape index (κ3) is 3.19. The average Bonchev–Trinajstić information content (AvgIpc) is 3.48. The van der Waals surface area contributed by atoms with Crippen LogP contribution >= 0.6 is 0 Å². The van der Waals surface area contributed by atoms with Crippen LogP contribution in [0.3, 0.4) is 0 Å². The van der Waals surface area contributed by atoms with Crippen molar-refractivity contribution in [2.75, 3.05) is 25.5 Å². The molecule has 0 bridgehead atoms. The highest BCUT2D eigenvalue weighted by Crippen LogP contribution is 2.35. The van der Waals surface area contributed by atoms with E-state index in [4.69, 9.17) is 9.72 Å². The van der Waals surface area contributed by atoms with Crippen LogP contribution in [0.1, 0.15) is 17.8 Å². The maximum absolute atomic E-state index is 5.67. The van der Waals surface area contributed by atoms with Gasteiger partial charge >= 0.3 is 0 Å². The van der Waals surface area contributed by atoms with Gasteiger partial charge in [-0.2, -0.15) is 5.10 Å². The first-order valence-electron chi connectivity index (χ1n) is 10.2. The molecule has 4 aromatic heterocycles. The van der Waals surface area contributed by atoms with Crippen LogP contribution in [0.25, 0.3) is 28.2 Å². The smallest absolute Gasteiger partial charge is 0.140 e. The van der Waals surface area contributed by atoms with E-state index in [2.05, 4.69) is 36.4 Å². The van der Waals surface area contributed by atoms with Crippen molar-refractivity contribution in [1.82, 2.24) is 29.9 Å². The number of aryl methyl sites for hydroxylation is 2. The Morgan fingerprint density at radius 2 is 2.17 bits per heavy atom. The Morgan fingerprint density at radius 1 is 1.27 bits per heavy atom. The summed E-state index contributed by atoms with van der Waals surface area (Å²) in [5.41, 5.74) is 6.56. The highest BCUT2D eigenvalue weighted by molar-refractivity contribution is 5.77. The van der Waals surface area contributed by atoms with Gasteiger partial charge in [-0.15, -0.1) is 0 Å². The number of fused-ring (bicyclic) bond motifs is 1. The standard InChI is InChI=1S/C22H25N7O/c1-13-22(14(2)28-27-13)16-12-29-18(11-24-21(29)9-19(16)30-3)17-5-4-6-20(26-17)25-15-7-8-23-10-15/h4-6,9,11-12,15,23H,7-8,10H2,1-3H3,(H,25,26)(H,27,28). The number of aromatic amines is 1. The lowest BCUT2D eigenvalue weighted by atomic mass is 10.0. The van der Waals surface area contributed by atoms with Crippen molar-refractivity contribution < 1.29 is 4.74 Å².